The molecule has 0 heterocycles. The first kappa shape index (κ1) is 16.3. The van der Waals surface area contributed by atoms with E-state index in [1.54, 1.807) is 19.1 Å². The smallest absolute Gasteiger partial charge is 0.341 e. The molecule has 120 valence electrons. The Bertz CT molecular complexity index is 551. The summed E-state index contributed by atoms with van der Waals surface area (Å²) in [4.78, 5) is 24.3. The van der Waals surface area contributed by atoms with Crippen LogP contribution in [0.5, 0.6) is 0 Å². The van der Waals surface area contributed by atoms with Crippen molar-refractivity contribution < 1.29 is 14.3 Å². The molecule has 1 aliphatic carbocycles. The normalized spacial score (nSPS) is 16.8. The number of nitrogens with one attached hydrogen (secondary N) is 1. The molecule has 0 aliphatic heterocycles. The second-order valence-electron chi connectivity index (χ2n) is 5.93. The standard InChI is InChI=1S/C17H24N2O3/c1-11-7-6-10-14(15(11)18)17(21)22-12(2)16(20)19-13-8-4-3-5-9-13/h6-7,10,12-13H,3-5,8-9,18H2,1-2H3,(H,19,20)/t12-/m0/s1. The molecule has 22 heavy (non-hydrogen) atoms. The van der Waals surface area contributed by atoms with E-state index in [0.29, 0.717) is 11.3 Å². The molecule has 1 aliphatic rings. The Morgan fingerprint density at radius 3 is 2.64 bits per heavy atom. The lowest BCUT2D eigenvalue weighted by molar-refractivity contribution is -0.130. The quantitative estimate of drug-likeness (QED) is 0.661. The molecule has 0 spiro atoms. The van der Waals surface area contributed by atoms with Crippen LogP contribution in [0, 0.1) is 6.92 Å². The zero-order chi connectivity index (χ0) is 16.1. The van der Waals surface area contributed by atoms with E-state index in [2.05, 4.69) is 5.32 Å². The maximum absolute atomic E-state index is 12.1. The van der Waals surface area contributed by atoms with E-state index in [-0.39, 0.29) is 11.9 Å². The molecule has 1 aromatic carbocycles. The van der Waals surface area contributed by atoms with E-state index >= 15 is 0 Å². The molecule has 1 saturated carbocycles. The van der Waals surface area contributed by atoms with E-state index in [9.17, 15) is 9.59 Å². The maximum atomic E-state index is 12.1. The highest BCUT2D eigenvalue weighted by molar-refractivity contribution is 5.97. The fraction of sp³-hybridized carbons (Fsp3) is 0.529. The Balaban J connectivity index is 1.92. The molecule has 0 radical (unpaired) electrons. The molecule has 1 fully saturated rings. The summed E-state index contributed by atoms with van der Waals surface area (Å²) >= 11 is 0. The van der Waals surface area contributed by atoms with Gasteiger partial charge in [-0.3, -0.25) is 4.79 Å². The monoisotopic (exact) mass is 304 g/mol. The Morgan fingerprint density at radius 2 is 1.95 bits per heavy atom. The predicted octanol–water partition coefficient (Wildman–Crippen LogP) is 2.57. The number of amides is 1. The SMILES string of the molecule is Cc1cccc(C(=O)O[C@@H](C)C(=O)NC2CCCCC2)c1N. The van der Waals surface area contributed by atoms with Crippen LogP contribution in [-0.2, 0) is 9.53 Å². The van der Waals surface area contributed by atoms with Crippen molar-refractivity contribution in [1.82, 2.24) is 5.32 Å². The summed E-state index contributed by atoms with van der Waals surface area (Å²) in [7, 11) is 0. The van der Waals surface area contributed by atoms with Gasteiger partial charge in [0, 0.05) is 11.7 Å². The van der Waals surface area contributed by atoms with Gasteiger partial charge < -0.3 is 15.8 Å². The van der Waals surface area contributed by atoms with Gasteiger partial charge >= 0.3 is 5.97 Å². The number of nitrogen functional groups attached to an aromatic ring is 1. The van der Waals surface area contributed by atoms with Gasteiger partial charge in [0.2, 0.25) is 0 Å². The van der Waals surface area contributed by atoms with Crippen LogP contribution < -0.4 is 11.1 Å². The van der Waals surface area contributed by atoms with Crippen LogP contribution >= 0.6 is 0 Å². The molecular weight excluding hydrogens is 280 g/mol. The number of anilines is 1. The number of rotatable bonds is 4. The highest BCUT2D eigenvalue weighted by Gasteiger charge is 2.23. The second kappa shape index (κ2) is 7.29. The van der Waals surface area contributed by atoms with Gasteiger partial charge in [0.1, 0.15) is 0 Å². The number of esters is 1. The lowest BCUT2D eigenvalue weighted by Crippen LogP contribution is -2.42. The van der Waals surface area contributed by atoms with Crippen LogP contribution in [0.1, 0.15) is 54.9 Å². The van der Waals surface area contributed by atoms with Crippen LogP contribution in [-0.4, -0.2) is 24.0 Å². The van der Waals surface area contributed by atoms with Crippen molar-refractivity contribution in [3.05, 3.63) is 29.3 Å². The van der Waals surface area contributed by atoms with Crippen molar-refractivity contribution >= 4 is 17.6 Å². The molecule has 2 rings (SSSR count). The zero-order valence-electron chi connectivity index (χ0n) is 13.2. The Morgan fingerprint density at radius 1 is 1.27 bits per heavy atom. The lowest BCUT2D eigenvalue weighted by atomic mass is 9.95. The number of hydrogen-bond donors (Lipinski definition) is 2. The van der Waals surface area contributed by atoms with Gasteiger partial charge in [-0.1, -0.05) is 31.4 Å². The Hall–Kier alpha value is -2.04. The number of hydrogen-bond acceptors (Lipinski definition) is 4. The minimum atomic E-state index is -0.825. The third-order valence-electron chi connectivity index (χ3n) is 4.15. The van der Waals surface area contributed by atoms with Crippen molar-refractivity contribution in [2.45, 2.75) is 58.1 Å². The highest BCUT2D eigenvalue weighted by atomic mass is 16.5. The number of nitrogens with two attached hydrogens (primary N) is 1. The third-order valence-corrected chi connectivity index (χ3v) is 4.15. The molecule has 5 nitrogen and oxygen atoms in total. The number of carbonyl (C=O) groups is 2. The predicted molar refractivity (Wildman–Crippen MR) is 85.5 cm³/mol. The summed E-state index contributed by atoms with van der Waals surface area (Å²) in [6.07, 6.45) is 4.67. The first-order valence-corrected chi connectivity index (χ1v) is 7.85. The minimum Gasteiger partial charge on any atom is -0.449 e. The van der Waals surface area contributed by atoms with Gasteiger partial charge in [-0.15, -0.1) is 0 Å². The van der Waals surface area contributed by atoms with Gasteiger partial charge in [0.25, 0.3) is 5.91 Å². The van der Waals surface area contributed by atoms with Crippen molar-refractivity contribution in [3.8, 4) is 0 Å². The maximum Gasteiger partial charge on any atom is 0.341 e. The molecule has 0 bridgehead atoms. The largest absolute Gasteiger partial charge is 0.449 e. The van der Waals surface area contributed by atoms with E-state index in [1.807, 2.05) is 13.0 Å². The Labute approximate surface area is 131 Å². The minimum absolute atomic E-state index is 0.200. The Kier molecular flexibility index (Phi) is 5.41. The molecule has 0 saturated heterocycles. The number of benzene rings is 1. The molecule has 1 aromatic rings. The number of para-hydroxylation sites is 1. The highest BCUT2D eigenvalue weighted by Crippen LogP contribution is 2.19. The summed E-state index contributed by atoms with van der Waals surface area (Å²) < 4.78 is 5.24. The summed E-state index contributed by atoms with van der Waals surface area (Å²) in [5.74, 6) is -0.807. The van der Waals surface area contributed by atoms with E-state index in [1.165, 1.54) is 6.42 Å². The van der Waals surface area contributed by atoms with Crippen molar-refractivity contribution in [2.24, 2.45) is 0 Å². The van der Waals surface area contributed by atoms with Gasteiger partial charge in [-0.2, -0.15) is 0 Å². The fourth-order valence-corrected chi connectivity index (χ4v) is 2.70. The van der Waals surface area contributed by atoms with Gasteiger partial charge in [-0.05, 0) is 38.3 Å². The van der Waals surface area contributed by atoms with Crippen LogP contribution in [0.25, 0.3) is 0 Å². The summed E-state index contributed by atoms with van der Waals surface area (Å²) in [6, 6.07) is 5.38. The molecule has 1 atom stereocenters. The van der Waals surface area contributed by atoms with Crippen molar-refractivity contribution in [2.75, 3.05) is 5.73 Å². The van der Waals surface area contributed by atoms with Crippen LogP contribution in [0.3, 0.4) is 0 Å². The lowest BCUT2D eigenvalue weighted by Gasteiger charge is -2.24. The molecule has 5 heteroatoms. The van der Waals surface area contributed by atoms with Crippen LogP contribution in [0.15, 0.2) is 18.2 Å². The zero-order valence-corrected chi connectivity index (χ0v) is 13.2. The average Bonchev–Trinajstić information content (AvgIpc) is 2.50. The molecule has 0 unspecified atom stereocenters. The number of ether oxygens (including phenoxy) is 1. The topological polar surface area (TPSA) is 81.4 Å². The van der Waals surface area contributed by atoms with Crippen LogP contribution in [0.4, 0.5) is 5.69 Å². The first-order valence-electron chi connectivity index (χ1n) is 7.85. The third kappa shape index (κ3) is 4.00. The number of carbonyl (C=O) groups excluding carboxylic acids is 2. The van der Waals surface area contributed by atoms with E-state index in [4.69, 9.17) is 10.5 Å². The van der Waals surface area contributed by atoms with Gasteiger partial charge in [-0.25, -0.2) is 4.79 Å². The summed E-state index contributed by atoms with van der Waals surface area (Å²) in [6.45, 7) is 3.41. The molecule has 3 N–H and O–H groups in total. The second-order valence-corrected chi connectivity index (χ2v) is 5.93. The van der Waals surface area contributed by atoms with E-state index < -0.39 is 12.1 Å². The first-order chi connectivity index (χ1) is 10.5. The van der Waals surface area contributed by atoms with E-state index in [0.717, 1.165) is 31.2 Å². The van der Waals surface area contributed by atoms with Crippen LogP contribution in [0.2, 0.25) is 0 Å². The fourth-order valence-electron chi connectivity index (χ4n) is 2.70. The average molecular weight is 304 g/mol. The number of aryl methyl sites for hydroxylation is 1. The van der Waals surface area contributed by atoms with Gasteiger partial charge in [0.15, 0.2) is 6.10 Å². The summed E-state index contributed by atoms with van der Waals surface area (Å²) in [5, 5.41) is 2.95. The molecule has 1 amide bonds. The van der Waals surface area contributed by atoms with Crippen molar-refractivity contribution in [3.63, 3.8) is 0 Å². The van der Waals surface area contributed by atoms with Crippen molar-refractivity contribution in [1.29, 1.82) is 0 Å². The van der Waals surface area contributed by atoms with Gasteiger partial charge in [0.05, 0.1) is 5.56 Å². The molecular formula is C17H24N2O3. The summed E-state index contributed by atoms with van der Waals surface area (Å²) in [5.41, 5.74) is 7.40. The molecule has 0 aromatic heterocycles.